The highest BCUT2D eigenvalue weighted by Gasteiger charge is 2.32. The van der Waals surface area contributed by atoms with Gasteiger partial charge in [0.15, 0.2) is 0 Å². The van der Waals surface area contributed by atoms with E-state index in [-0.39, 0.29) is 11.5 Å². The van der Waals surface area contributed by atoms with Crippen LogP contribution < -0.4 is 4.72 Å². The molecule has 6 heteroatoms. The summed E-state index contributed by atoms with van der Waals surface area (Å²) >= 11 is 0. The summed E-state index contributed by atoms with van der Waals surface area (Å²) in [6.07, 6.45) is 2.79. The Morgan fingerprint density at radius 2 is 1.86 bits per heavy atom. The van der Waals surface area contributed by atoms with Gasteiger partial charge in [0.05, 0.1) is 4.90 Å². The van der Waals surface area contributed by atoms with E-state index in [1.54, 1.807) is 24.3 Å². The molecule has 0 amide bonds. The lowest BCUT2D eigenvalue weighted by Gasteiger charge is -2.34. The van der Waals surface area contributed by atoms with E-state index in [9.17, 15) is 8.42 Å². The van der Waals surface area contributed by atoms with Crippen molar-refractivity contribution in [3.05, 3.63) is 29.8 Å². The Labute approximate surface area is 126 Å². The second kappa shape index (κ2) is 6.87. The molecule has 0 saturated carbocycles. The molecule has 2 rings (SSSR count). The number of aliphatic hydroxyl groups excluding tert-OH is 1. The summed E-state index contributed by atoms with van der Waals surface area (Å²) in [4.78, 5) is 0.281. The van der Waals surface area contributed by atoms with Gasteiger partial charge in [-0.1, -0.05) is 12.1 Å². The molecular formula is C15H23NO4S. The molecule has 0 atom stereocenters. The Kier molecular flexibility index (Phi) is 5.37. The topological polar surface area (TPSA) is 75.6 Å². The van der Waals surface area contributed by atoms with Crippen LogP contribution in [0.2, 0.25) is 0 Å². The van der Waals surface area contributed by atoms with Gasteiger partial charge in [-0.3, -0.25) is 0 Å². The molecule has 0 radical (unpaired) electrons. The first-order chi connectivity index (χ1) is 9.95. The standard InChI is InChI=1S/C15H23NO4S/c1-15(8-11-20-12-9-15)16-21(18,19)14-6-4-13(5-7-14)3-2-10-17/h4-7,16-17H,2-3,8-12H2,1H3. The average Bonchev–Trinajstić information content (AvgIpc) is 2.45. The van der Waals surface area contributed by atoms with Crippen LogP contribution in [0.5, 0.6) is 0 Å². The lowest BCUT2D eigenvalue weighted by molar-refractivity contribution is 0.0537. The fourth-order valence-electron chi connectivity index (χ4n) is 2.43. The minimum absolute atomic E-state index is 0.141. The van der Waals surface area contributed by atoms with Gasteiger partial charge in [-0.25, -0.2) is 13.1 Å². The fraction of sp³-hybridized carbons (Fsp3) is 0.600. The molecule has 1 aromatic rings. The molecule has 118 valence electrons. The maximum atomic E-state index is 12.4. The van der Waals surface area contributed by atoms with Gasteiger partial charge in [-0.15, -0.1) is 0 Å². The number of nitrogens with one attached hydrogen (secondary N) is 1. The summed E-state index contributed by atoms with van der Waals surface area (Å²) in [7, 11) is -3.51. The van der Waals surface area contributed by atoms with Gasteiger partial charge < -0.3 is 9.84 Å². The zero-order valence-corrected chi connectivity index (χ0v) is 13.2. The minimum atomic E-state index is -3.51. The summed E-state index contributed by atoms with van der Waals surface area (Å²) in [5, 5.41) is 8.81. The van der Waals surface area contributed by atoms with Crippen molar-refractivity contribution in [2.75, 3.05) is 19.8 Å². The zero-order chi connectivity index (χ0) is 15.3. The lowest BCUT2D eigenvalue weighted by Crippen LogP contribution is -2.49. The van der Waals surface area contributed by atoms with Gasteiger partial charge >= 0.3 is 0 Å². The SMILES string of the molecule is CC1(NS(=O)(=O)c2ccc(CCCO)cc2)CCOCC1. The summed E-state index contributed by atoms with van der Waals surface area (Å²) in [6, 6.07) is 6.85. The average molecular weight is 313 g/mol. The normalized spacial score (nSPS) is 18.6. The molecule has 1 aromatic carbocycles. The third kappa shape index (κ3) is 4.51. The van der Waals surface area contributed by atoms with E-state index in [1.165, 1.54) is 0 Å². The van der Waals surface area contributed by atoms with Gasteiger partial charge in [0.1, 0.15) is 0 Å². The van der Waals surface area contributed by atoms with Crippen LogP contribution >= 0.6 is 0 Å². The highest BCUT2D eigenvalue weighted by atomic mass is 32.2. The Hall–Kier alpha value is -0.950. The van der Waals surface area contributed by atoms with Crippen molar-refractivity contribution in [1.82, 2.24) is 4.72 Å². The van der Waals surface area contributed by atoms with Crippen LogP contribution in [-0.2, 0) is 21.2 Å². The summed E-state index contributed by atoms with van der Waals surface area (Å²) in [5.74, 6) is 0. The van der Waals surface area contributed by atoms with E-state index in [1.807, 2.05) is 6.92 Å². The predicted octanol–water partition coefficient (Wildman–Crippen LogP) is 1.46. The molecule has 0 spiro atoms. The molecule has 1 fully saturated rings. The predicted molar refractivity (Wildman–Crippen MR) is 80.6 cm³/mol. The van der Waals surface area contributed by atoms with Crippen molar-refractivity contribution >= 4 is 10.0 Å². The Balaban J connectivity index is 2.08. The third-order valence-corrected chi connectivity index (χ3v) is 5.49. The first-order valence-corrected chi connectivity index (χ1v) is 8.75. The summed E-state index contributed by atoms with van der Waals surface area (Å²) < 4.78 is 33.0. The second-order valence-corrected chi connectivity index (χ2v) is 7.43. The minimum Gasteiger partial charge on any atom is -0.396 e. The van der Waals surface area contributed by atoms with Crippen molar-refractivity contribution in [3.63, 3.8) is 0 Å². The van der Waals surface area contributed by atoms with Gasteiger partial charge in [-0.2, -0.15) is 0 Å². The van der Waals surface area contributed by atoms with Crippen LogP contribution in [0.15, 0.2) is 29.2 Å². The zero-order valence-electron chi connectivity index (χ0n) is 12.3. The van der Waals surface area contributed by atoms with Crippen molar-refractivity contribution in [3.8, 4) is 0 Å². The first-order valence-electron chi connectivity index (χ1n) is 7.27. The third-order valence-electron chi connectivity index (χ3n) is 3.83. The lowest BCUT2D eigenvalue weighted by atomic mass is 9.94. The number of sulfonamides is 1. The van der Waals surface area contributed by atoms with E-state index in [0.29, 0.717) is 32.5 Å². The summed E-state index contributed by atoms with van der Waals surface area (Å²) in [6.45, 7) is 3.23. The number of aryl methyl sites for hydroxylation is 1. The second-order valence-electron chi connectivity index (χ2n) is 5.75. The Morgan fingerprint density at radius 1 is 1.24 bits per heavy atom. The maximum absolute atomic E-state index is 12.4. The molecule has 1 saturated heterocycles. The molecule has 0 aliphatic carbocycles. The van der Waals surface area contributed by atoms with Crippen LogP contribution in [0.25, 0.3) is 0 Å². The first kappa shape index (κ1) is 16.4. The van der Waals surface area contributed by atoms with E-state index < -0.39 is 15.6 Å². The molecule has 0 unspecified atom stereocenters. The van der Waals surface area contributed by atoms with E-state index in [0.717, 1.165) is 12.0 Å². The van der Waals surface area contributed by atoms with Crippen LogP contribution in [-0.4, -0.2) is 38.9 Å². The smallest absolute Gasteiger partial charge is 0.241 e. The molecule has 1 aliphatic rings. The van der Waals surface area contributed by atoms with Gasteiger partial charge in [0.25, 0.3) is 0 Å². The molecule has 5 nitrogen and oxygen atoms in total. The van der Waals surface area contributed by atoms with Gasteiger partial charge in [0.2, 0.25) is 10.0 Å². The highest BCUT2D eigenvalue weighted by Crippen LogP contribution is 2.23. The van der Waals surface area contributed by atoms with Crippen molar-refractivity contribution in [2.24, 2.45) is 0 Å². The van der Waals surface area contributed by atoms with Crippen LogP contribution in [0.1, 0.15) is 31.7 Å². The fourth-order valence-corrected chi connectivity index (χ4v) is 3.89. The number of rotatable bonds is 6. The van der Waals surface area contributed by atoms with Gasteiger partial charge in [0, 0.05) is 25.4 Å². The van der Waals surface area contributed by atoms with Crippen LogP contribution in [0.3, 0.4) is 0 Å². The molecule has 0 aromatic heterocycles. The number of benzene rings is 1. The Bertz CT molecular complexity index is 548. The number of hydrogen-bond donors (Lipinski definition) is 2. The van der Waals surface area contributed by atoms with E-state index in [2.05, 4.69) is 4.72 Å². The van der Waals surface area contributed by atoms with Crippen molar-refractivity contribution in [2.45, 2.75) is 43.0 Å². The molecule has 1 heterocycles. The molecular weight excluding hydrogens is 290 g/mol. The number of hydrogen-bond acceptors (Lipinski definition) is 4. The van der Waals surface area contributed by atoms with Crippen molar-refractivity contribution in [1.29, 1.82) is 0 Å². The van der Waals surface area contributed by atoms with Crippen LogP contribution in [0, 0.1) is 0 Å². The van der Waals surface area contributed by atoms with Crippen molar-refractivity contribution < 1.29 is 18.3 Å². The van der Waals surface area contributed by atoms with Crippen LogP contribution in [0.4, 0.5) is 0 Å². The molecule has 0 bridgehead atoms. The van der Waals surface area contributed by atoms with Gasteiger partial charge in [-0.05, 0) is 50.3 Å². The Morgan fingerprint density at radius 3 is 2.43 bits per heavy atom. The molecule has 1 aliphatic heterocycles. The number of aliphatic hydroxyl groups is 1. The quantitative estimate of drug-likeness (QED) is 0.834. The maximum Gasteiger partial charge on any atom is 0.241 e. The largest absolute Gasteiger partial charge is 0.396 e. The molecule has 2 N–H and O–H groups in total. The molecule has 21 heavy (non-hydrogen) atoms. The monoisotopic (exact) mass is 313 g/mol. The number of ether oxygens (including phenoxy) is 1. The van der Waals surface area contributed by atoms with E-state index in [4.69, 9.17) is 9.84 Å². The summed E-state index contributed by atoms with van der Waals surface area (Å²) in [5.41, 5.74) is 0.590. The van der Waals surface area contributed by atoms with E-state index >= 15 is 0 Å². The highest BCUT2D eigenvalue weighted by molar-refractivity contribution is 7.89.